The van der Waals surface area contributed by atoms with Crippen molar-refractivity contribution in [3.63, 3.8) is 0 Å². The lowest BCUT2D eigenvalue weighted by molar-refractivity contribution is 0.711. The van der Waals surface area contributed by atoms with Gasteiger partial charge in [-0.2, -0.15) is 0 Å². The molecule has 94 valence electrons. The normalized spacial score (nSPS) is 12.1. The van der Waals surface area contributed by atoms with Crippen molar-refractivity contribution in [3.05, 3.63) is 36.7 Å². The van der Waals surface area contributed by atoms with E-state index in [0.29, 0.717) is 12.6 Å². The number of nitrogens with zero attached hydrogens (tertiary/aromatic N) is 3. The van der Waals surface area contributed by atoms with E-state index in [0.717, 1.165) is 23.5 Å². The summed E-state index contributed by atoms with van der Waals surface area (Å²) in [5.74, 6) is 0.772. The number of aromatic nitrogens is 3. The molecular weight excluding hydrogens is 226 g/mol. The molecule has 5 nitrogen and oxygen atoms in total. The van der Waals surface area contributed by atoms with Crippen LogP contribution < -0.4 is 11.1 Å². The molecule has 5 heteroatoms. The van der Waals surface area contributed by atoms with Crippen LogP contribution in [0.15, 0.2) is 36.7 Å². The molecule has 1 unspecified atom stereocenters. The van der Waals surface area contributed by atoms with Crippen molar-refractivity contribution in [1.29, 1.82) is 0 Å². The van der Waals surface area contributed by atoms with Gasteiger partial charge in [-0.05, 0) is 44.2 Å². The predicted molar refractivity (Wildman–Crippen MR) is 72.0 cm³/mol. The summed E-state index contributed by atoms with van der Waals surface area (Å²) in [6.07, 6.45) is 4.40. The Morgan fingerprint density at radius 2 is 1.94 bits per heavy atom. The number of anilines is 1. The Kier molecular flexibility index (Phi) is 4.20. The minimum atomic E-state index is 0.302. The zero-order valence-corrected chi connectivity index (χ0v) is 10.4. The molecule has 0 aliphatic carbocycles. The molecule has 0 amide bonds. The molecule has 0 aliphatic heterocycles. The fourth-order valence-corrected chi connectivity index (χ4v) is 1.66. The molecule has 0 bridgehead atoms. The molecule has 0 fully saturated rings. The van der Waals surface area contributed by atoms with Crippen LogP contribution in [-0.2, 0) is 0 Å². The molecule has 18 heavy (non-hydrogen) atoms. The number of nitrogens with two attached hydrogens (primary N) is 1. The van der Waals surface area contributed by atoms with Crippen molar-refractivity contribution in [3.8, 4) is 11.3 Å². The van der Waals surface area contributed by atoms with Crippen molar-refractivity contribution in [2.24, 2.45) is 5.73 Å². The van der Waals surface area contributed by atoms with Crippen LogP contribution >= 0.6 is 0 Å². The first-order valence-electron chi connectivity index (χ1n) is 6.00. The van der Waals surface area contributed by atoms with Gasteiger partial charge in [0.2, 0.25) is 0 Å². The first-order chi connectivity index (χ1) is 8.79. The maximum atomic E-state index is 5.50. The SMILES string of the molecule is CC(CCN)Nc1ccc(-c2ccncc2)nn1. The monoisotopic (exact) mass is 243 g/mol. The second-order valence-electron chi connectivity index (χ2n) is 4.16. The second-order valence-corrected chi connectivity index (χ2v) is 4.16. The highest BCUT2D eigenvalue weighted by Crippen LogP contribution is 2.15. The van der Waals surface area contributed by atoms with Crippen LogP contribution in [0.5, 0.6) is 0 Å². The van der Waals surface area contributed by atoms with Crippen molar-refractivity contribution in [2.45, 2.75) is 19.4 Å². The average molecular weight is 243 g/mol. The molecular formula is C13H17N5. The van der Waals surface area contributed by atoms with E-state index in [1.807, 2.05) is 24.3 Å². The van der Waals surface area contributed by atoms with Gasteiger partial charge in [-0.25, -0.2) is 0 Å². The van der Waals surface area contributed by atoms with Crippen LogP contribution in [0.1, 0.15) is 13.3 Å². The smallest absolute Gasteiger partial charge is 0.148 e. The third-order valence-electron chi connectivity index (χ3n) is 2.63. The Hall–Kier alpha value is -2.01. The quantitative estimate of drug-likeness (QED) is 0.835. The lowest BCUT2D eigenvalue weighted by Crippen LogP contribution is -2.20. The van der Waals surface area contributed by atoms with Crippen molar-refractivity contribution in [1.82, 2.24) is 15.2 Å². The summed E-state index contributed by atoms with van der Waals surface area (Å²) in [5.41, 5.74) is 7.36. The molecule has 0 radical (unpaired) electrons. The molecule has 0 aromatic carbocycles. The maximum absolute atomic E-state index is 5.50. The van der Waals surface area contributed by atoms with Crippen LogP contribution in [0.4, 0.5) is 5.82 Å². The number of nitrogens with one attached hydrogen (secondary N) is 1. The van der Waals surface area contributed by atoms with Crippen LogP contribution in [-0.4, -0.2) is 27.8 Å². The third-order valence-corrected chi connectivity index (χ3v) is 2.63. The zero-order valence-electron chi connectivity index (χ0n) is 10.4. The van der Waals surface area contributed by atoms with Gasteiger partial charge in [-0.3, -0.25) is 4.98 Å². The van der Waals surface area contributed by atoms with Crippen molar-refractivity contribution in [2.75, 3.05) is 11.9 Å². The summed E-state index contributed by atoms with van der Waals surface area (Å²) in [4.78, 5) is 3.98. The van der Waals surface area contributed by atoms with Crippen LogP contribution in [0.25, 0.3) is 11.3 Å². The van der Waals surface area contributed by atoms with Gasteiger partial charge in [0.05, 0.1) is 5.69 Å². The molecule has 2 heterocycles. The predicted octanol–water partition coefficient (Wildman–Crippen LogP) is 1.69. The summed E-state index contributed by atoms with van der Waals surface area (Å²) in [6.45, 7) is 2.74. The van der Waals surface area contributed by atoms with Gasteiger partial charge in [0.15, 0.2) is 0 Å². The number of rotatable bonds is 5. The lowest BCUT2D eigenvalue weighted by atomic mass is 10.2. The lowest BCUT2D eigenvalue weighted by Gasteiger charge is -2.12. The topological polar surface area (TPSA) is 76.7 Å². The van der Waals surface area contributed by atoms with Gasteiger partial charge >= 0.3 is 0 Å². The zero-order chi connectivity index (χ0) is 12.8. The summed E-state index contributed by atoms with van der Waals surface area (Å²) < 4.78 is 0. The van der Waals surface area contributed by atoms with Gasteiger partial charge in [-0.1, -0.05) is 0 Å². The van der Waals surface area contributed by atoms with E-state index in [4.69, 9.17) is 5.73 Å². The minimum Gasteiger partial charge on any atom is -0.366 e. The van der Waals surface area contributed by atoms with E-state index in [1.165, 1.54) is 0 Å². The molecule has 2 rings (SSSR count). The largest absolute Gasteiger partial charge is 0.366 e. The van der Waals surface area contributed by atoms with E-state index < -0.39 is 0 Å². The third kappa shape index (κ3) is 3.24. The standard InChI is InChI=1S/C13H17N5/c1-10(4-7-14)16-13-3-2-12(17-18-13)11-5-8-15-9-6-11/h2-3,5-6,8-10H,4,7,14H2,1H3,(H,16,18). The number of hydrogen-bond donors (Lipinski definition) is 2. The Morgan fingerprint density at radius 3 is 2.56 bits per heavy atom. The molecule has 0 saturated carbocycles. The molecule has 0 saturated heterocycles. The van der Waals surface area contributed by atoms with Crippen LogP contribution in [0.3, 0.4) is 0 Å². The van der Waals surface area contributed by atoms with E-state index in [9.17, 15) is 0 Å². The fraction of sp³-hybridized carbons (Fsp3) is 0.308. The summed E-state index contributed by atoms with van der Waals surface area (Å²) in [6, 6.07) is 7.99. The Morgan fingerprint density at radius 1 is 1.17 bits per heavy atom. The average Bonchev–Trinajstić information content (AvgIpc) is 2.41. The summed E-state index contributed by atoms with van der Waals surface area (Å²) >= 11 is 0. The Bertz CT molecular complexity index is 469. The molecule has 0 spiro atoms. The minimum absolute atomic E-state index is 0.302. The maximum Gasteiger partial charge on any atom is 0.148 e. The highest BCUT2D eigenvalue weighted by molar-refractivity contribution is 5.58. The van der Waals surface area contributed by atoms with E-state index in [2.05, 4.69) is 27.4 Å². The van der Waals surface area contributed by atoms with Crippen LogP contribution in [0.2, 0.25) is 0 Å². The van der Waals surface area contributed by atoms with E-state index in [1.54, 1.807) is 12.4 Å². The fourth-order valence-electron chi connectivity index (χ4n) is 1.66. The number of hydrogen-bond acceptors (Lipinski definition) is 5. The Balaban J connectivity index is 2.06. The van der Waals surface area contributed by atoms with Crippen LogP contribution in [0, 0.1) is 0 Å². The van der Waals surface area contributed by atoms with E-state index >= 15 is 0 Å². The molecule has 2 aromatic rings. The van der Waals surface area contributed by atoms with Gasteiger partial charge in [0.25, 0.3) is 0 Å². The van der Waals surface area contributed by atoms with Crippen molar-refractivity contribution >= 4 is 5.82 Å². The summed E-state index contributed by atoms with van der Waals surface area (Å²) in [7, 11) is 0. The highest BCUT2D eigenvalue weighted by atomic mass is 15.2. The molecule has 2 aromatic heterocycles. The van der Waals surface area contributed by atoms with Gasteiger partial charge in [0.1, 0.15) is 5.82 Å². The Labute approximate surface area is 106 Å². The van der Waals surface area contributed by atoms with Gasteiger partial charge < -0.3 is 11.1 Å². The molecule has 0 aliphatic rings. The number of pyridine rings is 1. The van der Waals surface area contributed by atoms with E-state index in [-0.39, 0.29) is 0 Å². The van der Waals surface area contributed by atoms with Gasteiger partial charge in [0, 0.05) is 24.0 Å². The molecule has 3 N–H and O–H groups in total. The summed E-state index contributed by atoms with van der Waals surface area (Å²) in [5, 5.41) is 11.6. The highest BCUT2D eigenvalue weighted by Gasteiger charge is 2.03. The second kappa shape index (κ2) is 6.07. The first kappa shape index (κ1) is 12.4. The van der Waals surface area contributed by atoms with Gasteiger partial charge in [-0.15, -0.1) is 10.2 Å². The first-order valence-corrected chi connectivity index (χ1v) is 6.00. The van der Waals surface area contributed by atoms with Crippen molar-refractivity contribution < 1.29 is 0 Å². The molecule has 1 atom stereocenters.